The van der Waals surface area contributed by atoms with Crippen LogP contribution in [0.25, 0.3) is 0 Å². The van der Waals surface area contributed by atoms with E-state index in [0.717, 1.165) is 0 Å². The van der Waals surface area contributed by atoms with Gasteiger partial charge in [0.15, 0.2) is 0 Å². The minimum Gasteiger partial charge on any atom is -0.145 e. The lowest BCUT2D eigenvalue weighted by atomic mass is 10.1. The Kier molecular flexibility index (Phi) is 9.28. The Morgan fingerprint density at radius 3 is 1.72 bits per heavy atom. The second-order valence-corrected chi connectivity index (χ2v) is 6.60. The third kappa shape index (κ3) is 7.20. The van der Waals surface area contributed by atoms with Crippen molar-refractivity contribution in [2.45, 2.75) is 84.5 Å². The van der Waals surface area contributed by atoms with E-state index >= 15 is 0 Å². The SMILES string of the molecule is CCCCCCCCc1ccc(CCCCC)s1. The van der Waals surface area contributed by atoms with E-state index in [9.17, 15) is 0 Å². The van der Waals surface area contributed by atoms with Crippen molar-refractivity contribution in [3.63, 3.8) is 0 Å². The number of hydrogen-bond donors (Lipinski definition) is 0. The first-order valence-electron chi connectivity index (χ1n) is 7.94. The molecule has 1 rings (SSSR count). The van der Waals surface area contributed by atoms with Crippen LogP contribution >= 0.6 is 11.3 Å². The maximum absolute atomic E-state index is 2.36. The minimum atomic E-state index is 1.30. The van der Waals surface area contributed by atoms with Gasteiger partial charge in [-0.25, -0.2) is 0 Å². The molecule has 0 saturated carbocycles. The summed E-state index contributed by atoms with van der Waals surface area (Å²) in [6.45, 7) is 4.56. The summed E-state index contributed by atoms with van der Waals surface area (Å²) in [5.74, 6) is 0. The van der Waals surface area contributed by atoms with E-state index in [1.54, 1.807) is 9.75 Å². The Balaban J connectivity index is 2.07. The summed E-state index contributed by atoms with van der Waals surface area (Å²) in [5, 5.41) is 0. The molecule has 104 valence electrons. The van der Waals surface area contributed by atoms with Gasteiger partial charge in [0.1, 0.15) is 0 Å². The average molecular weight is 266 g/mol. The summed E-state index contributed by atoms with van der Waals surface area (Å²) in [4.78, 5) is 3.21. The van der Waals surface area contributed by atoms with Gasteiger partial charge in [-0.2, -0.15) is 0 Å². The summed E-state index contributed by atoms with van der Waals surface area (Å²) in [6.07, 6.45) is 15.1. The van der Waals surface area contributed by atoms with Crippen LogP contribution < -0.4 is 0 Å². The molecule has 0 atom stereocenters. The zero-order chi connectivity index (χ0) is 13.1. The van der Waals surface area contributed by atoms with Gasteiger partial charge in [-0.1, -0.05) is 58.8 Å². The van der Waals surface area contributed by atoms with Crippen molar-refractivity contribution < 1.29 is 0 Å². The first-order valence-corrected chi connectivity index (χ1v) is 8.76. The fraction of sp³-hybridized carbons (Fsp3) is 0.765. The number of hydrogen-bond acceptors (Lipinski definition) is 1. The van der Waals surface area contributed by atoms with E-state index < -0.39 is 0 Å². The normalized spacial score (nSPS) is 11.0. The van der Waals surface area contributed by atoms with Crippen LogP contribution in [0.1, 0.15) is 81.4 Å². The van der Waals surface area contributed by atoms with E-state index in [2.05, 4.69) is 37.3 Å². The zero-order valence-electron chi connectivity index (χ0n) is 12.3. The van der Waals surface area contributed by atoms with Gasteiger partial charge in [-0.05, 0) is 37.8 Å². The molecule has 1 aromatic heterocycles. The van der Waals surface area contributed by atoms with Crippen LogP contribution in [-0.2, 0) is 12.8 Å². The summed E-state index contributed by atoms with van der Waals surface area (Å²) in [5.41, 5.74) is 0. The van der Waals surface area contributed by atoms with E-state index in [0.29, 0.717) is 0 Å². The van der Waals surface area contributed by atoms with Crippen LogP contribution in [0.4, 0.5) is 0 Å². The van der Waals surface area contributed by atoms with Gasteiger partial charge < -0.3 is 0 Å². The molecule has 0 aromatic carbocycles. The molecule has 1 heterocycles. The fourth-order valence-electron chi connectivity index (χ4n) is 2.32. The largest absolute Gasteiger partial charge is 0.145 e. The maximum atomic E-state index is 2.36. The molecule has 0 amide bonds. The Labute approximate surface area is 118 Å². The Bertz CT molecular complexity index is 288. The molecule has 0 aliphatic heterocycles. The molecular weight excluding hydrogens is 236 g/mol. The van der Waals surface area contributed by atoms with Crippen LogP contribution in [-0.4, -0.2) is 0 Å². The van der Waals surface area contributed by atoms with Crippen molar-refractivity contribution in [1.29, 1.82) is 0 Å². The summed E-state index contributed by atoms with van der Waals surface area (Å²) in [6, 6.07) is 4.71. The zero-order valence-corrected chi connectivity index (χ0v) is 13.2. The number of unbranched alkanes of at least 4 members (excludes halogenated alkanes) is 7. The summed E-state index contributed by atoms with van der Waals surface area (Å²) >= 11 is 2.05. The highest BCUT2D eigenvalue weighted by molar-refractivity contribution is 7.11. The molecule has 1 heteroatoms. The lowest BCUT2D eigenvalue weighted by Crippen LogP contribution is -1.82. The predicted molar refractivity (Wildman–Crippen MR) is 84.6 cm³/mol. The van der Waals surface area contributed by atoms with E-state index in [-0.39, 0.29) is 0 Å². The van der Waals surface area contributed by atoms with Crippen molar-refractivity contribution in [2.24, 2.45) is 0 Å². The number of thiophene rings is 1. The van der Waals surface area contributed by atoms with Gasteiger partial charge in [-0.3, -0.25) is 0 Å². The maximum Gasteiger partial charge on any atom is 0.00481 e. The standard InChI is InChI=1S/C17H30S/c1-3-5-7-8-9-11-13-17-15-14-16(18-17)12-10-6-4-2/h14-15H,3-13H2,1-2H3. The molecule has 0 nitrogen and oxygen atoms in total. The van der Waals surface area contributed by atoms with Crippen molar-refractivity contribution >= 4 is 11.3 Å². The highest BCUT2D eigenvalue weighted by Crippen LogP contribution is 2.21. The van der Waals surface area contributed by atoms with Crippen LogP contribution in [0.3, 0.4) is 0 Å². The van der Waals surface area contributed by atoms with Gasteiger partial charge in [0.05, 0.1) is 0 Å². The number of aryl methyl sites for hydroxylation is 2. The van der Waals surface area contributed by atoms with Gasteiger partial charge in [-0.15, -0.1) is 11.3 Å². The summed E-state index contributed by atoms with van der Waals surface area (Å²) < 4.78 is 0. The van der Waals surface area contributed by atoms with Crippen molar-refractivity contribution in [1.82, 2.24) is 0 Å². The van der Waals surface area contributed by atoms with Crippen molar-refractivity contribution in [3.8, 4) is 0 Å². The van der Waals surface area contributed by atoms with Gasteiger partial charge in [0.2, 0.25) is 0 Å². The average Bonchev–Trinajstić information content (AvgIpc) is 2.82. The van der Waals surface area contributed by atoms with Crippen LogP contribution in [0.15, 0.2) is 12.1 Å². The molecule has 0 radical (unpaired) electrons. The third-order valence-electron chi connectivity index (χ3n) is 3.52. The molecular formula is C17H30S. The molecule has 0 aliphatic carbocycles. The molecule has 0 saturated heterocycles. The minimum absolute atomic E-state index is 1.30. The van der Waals surface area contributed by atoms with E-state index in [4.69, 9.17) is 0 Å². The summed E-state index contributed by atoms with van der Waals surface area (Å²) in [7, 11) is 0. The van der Waals surface area contributed by atoms with Crippen molar-refractivity contribution in [2.75, 3.05) is 0 Å². The Morgan fingerprint density at radius 2 is 1.11 bits per heavy atom. The lowest BCUT2D eigenvalue weighted by Gasteiger charge is -1.99. The molecule has 0 spiro atoms. The molecule has 0 unspecified atom stereocenters. The second-order valence-electron chi connectivity index (χ2n) is 5.34. The molecule has 0 aliphatic rings. The van der Waals surface area contributed by atoms with E-state index in [1.165, 1.54) is 70.6 Å². The lowest BCUT2D eigenvalue weighted by molar-refractivity contribution is 0.609. The van der Waals surface area contributed by atoms with Crippen LogP contribution in [0.2, 0.25) is 0 Å². The van der Waals surface area contributed by atoms with Crippen LogP contribution in [0, 0.1) is 0 Å². The first-order chi connectivity index (χ1) is 8.86. The molecule has 0 fully saturated rings. The first kappa shape index (κ1) is 15.8. The fourth-order valence-corrected chi connectivity index (χ4v) is 3.42. The Hall–Kier alpha value is -0.300. The smallest absolute Gasteiger partial charge is 0.00481 e. The second kappa shape index (κ2) is 10.6. The predicted octanol–water partition coefficient (Wildman–Crippen LogP) is 6.38. The van der Waals surface area contributed by atoms with Crippen molar-refractivity contribution in [3.05, 3.63) is 21.9 Å². The molecule has 0 bridgehead atoms. The molecule has 1 aromatic rings. The monoisotopic (exact) mass is 266 g/mol. The van der Waals surface area contributed by atoms with E-state index in [1.807, 2.05) is 0 Å². The number of rotatable bonds is 11. The van der Waals surface area contributed by atoms with Gasteiger partial charge >= 0.3 is 0 Å². The highest BCUT2D eigenvalue weighted by Gasteiger charge is 2.00. The van der Waals surface area contributed by atoms with Gasteiger partial charge in [0.25, 0.3) is 0 Å². The molecule has 18 heavy (non-hydrogen) atoms. The highest BCUT2D eigenvalue weighted by atomic mass is 32.1. The third-order valence-corrected chi connectivity index (χ3v) is 4.73. The Morgan fingerprint density at radius 1 is 0.667 bits per heavy atom. The van der Waals surface area contributed by atoms with Crippen LogP contribution in [0.5, 0.6) is 0 Å². The topological polar surface area (TPSA) is 0 Å². The quantitative estimate of drug-likeness (QED) is 0.407. The molecule has 0 N–H and O–H groups in total. The van der Waals surface area contributed by atoms with Gasteiger partial charge in [0, 0.05) is 9.75 Å².